The van der Waals surface area contributed by atoms with E-state index in [2.05, 4.69) is 4.98 Å². The Morgan fingerprint density at radius 2 is 2.00 bits per heavy atom. The van der Waals surface area contributed by atoms with Gasteiger partial charge in [-0.15, -0.1) is 0 Å². The van der Waals surface area contributed by atoms with Gasteiger partial charge in [-0.3, -0.25) is 4.79 Å². The number of halogens is 1. The Morgan fingerprint density at radius 3 is 2.73 bits per heavy atom. The van der Waals surface area contributed by atoms with Crippen molar-refractivity contribution in [2.45, 2.75) is 13.3 Å². The number of carbonyl (C=O) groups is 1. The molecule has 0 spiro atoms. The largest absolute Gasteiger partial charge is 0.466 e. The number of esters is 1. The van der Waals surface area contributed by atoms with Gasteiger partial charge in [-0.2, -0.15) is 0 Å². The van der Waals surface area contributed by atoms with Gasteiger partial charge in [0.05, 0.1) is 24.4 Å². The number of rotatable bonds is 4. The van der Waals surface area contributed by atoms with Crippen molar-refractivity contribution in [3.8, 4) is 11.3 Å². The first kappa shape index (κ1) is 14.3. The second kappa shape index (κ2) is 5.97. The minimum atomic E-state index is -0.309. The molecule has 2 aromatic heterocycles. The molecule has 1 aromatic carbocycles. The first-order valence-electron chi connectivity index (χ1n) is 7.06. The highest BCUT2D eigenvalue weighted by Crippen LogP contribution is 2.25. The third kappa shape index (κ3) is 2.70. The van der Waals surface area contributed by atoms with Gasteiger partial charge >= 0.3 is 5.97 Å². The van der Waals surface area contributed by atoms with Crippen molar-refractivity contribution in [3.05, 3.63) is 60.2 Å². The Bertz CT molecular complexity index is 809. The summed E-state index contributed by atoms with van der Waals surface area (Å²) in [4.78, 5) is 16.4. The predicted octanol–water partition coefficient (Wildman–Crippen LogP) is 3.25. The lowest BCUT2D eigenvalue weighted by atomic mass is 10.1. The molecule has 3 rings (SSSR count). The number of hydrogen-bond donors (Lipinski definition) is 0. The first-order valence-corrected chi connectivity index (χ1v) is 7.06. The quantitative estimate of drug-likeness (QED) is 0.694. The summed E-state index contributed by atoms with van der Waals surface area (Å²) in [5.74, 6) is -0.615. The van der Waals surface area contributed by atoms with Gasteiger partial charge in [-0.05, 0) is 43.3 Å². The minimum absolute atomic E-state index is 0.117. The van der Waals surface area contributed by atoms with Crippen LogP contribution in [-0.4, -0.2) is 22.0 Å². The number of aromatic nitrogens is 2. The Morgan fingerprint density at radius 1 is 1.23 bits per heavy atom. The van der Waals surface area contributed by atoms with E-state index in [0.29, 0.717) is 12.3 Å². The maximum atomic E-state index is 13.1. The molecule has 0 amide bonds. The molecule has 0 bridgehead atoms. The molecule has 22 heavy (non-hydrogen) atoms. The second-order valence-electron chi connectivity index (χ2n) is 4.82. The van der Waals surface area contributed by atoms with Crippen molar-refractivity contribution in [1.29, 1.82) is 0 Å². The van der Waals surface area contributed by atoms with Crippen molar-refractivity contribution in [2.75, 3.05) is 6.61 Å². The predicted molar refractivity (Wildman–Crippen MR) is 80.9 cm³/mol. The summed E-state index contributed by atoms with van der Waals surface area (Å²) in [5, 5.41) is 0. The summed E-state index contributed by atoms with van der Waals surface area (Å²) >= 11 is 0. The summed E-state index contributed by atoms with van der Waals surface area (Å²) in [6.07, 6.45) is 1.97. The van der Waals surface area contributed by atoms with Crippen LogP contribution in [0.5, 0.6) is 0 Å². The van der Waals surface area contributed by atoms with Crippen molar-refractivity contribution in [3.63, 3.8) is 0 Å². The third-order valence-corrected chi connectivity index (χ3v) is 3.36. The van der Waals surface area contributed by atoms with E-state index in [9.17, 15) is 9.18 Å². The molecule has 0 fully saturated rings. The van der Waals surface area contributed by atoms with Crippen molar-refractivity contribution in [1.82, 2.24) is 9.38 Å². The van der Waals surface area contributed by atoms with Gasteiger partial charge < -0.3 is 9.14 Å². The number of carbonyl (C=O) groups excluding carboxylic acids is 1. The van der Waals surface area contributed by atoms with Crippen molar-refractivity contribution >= 4 is 11.6 Å². The maximum absolute atomic E-state index is 13.1. The van der Waals surface area contributed by atoms with Crippen LogP contribution in [0.25, 0.3) is 16.9 Å². The molecule has 0 aliphatic rings. The Balaban J connectivity index is 2.11. The number of nitrogens with zero attached hydrogens (tertiary/aromatic N) is 2. The van der Waals surface area contributed by atoms with Gasteiger partial charge in [0.2, 0.25) is 0 Å². The topological polar surface area (TPSA) is 43.6 Å². The zero-order valence-electron chi connectivity index (χ0n) is 12.1. The van der Waals surface area contributed by atoms with Crippen LogP contribution in [0, 0.1) is 5.82 Å². The van der Waals surface area contributed by atoms with Crippen LogP contribution in [0.15, 0.2) is 48.7 Å². The number of imidazole rings is 1. The summed E-state index contributed by atoms with van der Waals surface area (Å²) in [6.45, 7) is 2.11. The Hall–Kier alpha value is -2.69. The smallest absolute Gasteiger partial charge is 0.311 e. The lowest BCUT2D eigenvalue weighted by Crippen LogP contribution is -2.10. The number of benzene rings is 1. The van der Waals surface area contributed by atoms with Gasteiger partial charge in [-0.25, -0.2) is 9.37 Å². The average molecular weight is 298 g/mol. The van der Waals surface area contributed by atoms with E-state index in [4.69, 9.17) is 4.74 Å². The van der Waals surface area contributed by atoms with Crippen LogP contribution in [0.3, 0.4) is 0 Å². The third-order valence-electron chi connectivity index (χ3n) is 3.36. The van der Waals surface area contributed by atoms with Gasteiger partial charge in [0.25, 0.3) is 0 Å². The fourth-order valence-electron chi connectivity index (χ4n) is 2.40. The summed E-state index contributed by atoms with van der Waals surface area (Å²) in [5.41, 5.74) is 2.91. The minimum Gasteiger partial charge on any atom is -0.466 e. The molecule has 112 valence electrons. The fraction of sp³-hybridized carbons (Fsp3) is 0.176. The number of fused-ring (bicyclic) bond motifs is 1. The highest BCUT2D eigenvalue weighted by molar-refractivity contribution is 5.77. The molecule has 0 unspecified atom stereocenters. The molecular formula is C17H15FN2O2. The number of hydrogen-bond acceptors (Lipinski definition) is 3. The van der Waals surface area contributed by atoms with Crippen LogP contribution >= 0.6 is 0 Å². The van der Waals surface area contributed by atoms with Crippen LogP contribution in [0.4, 0.5) is 4.39 Å². The summed E-state index contributed by atoms with van der Waals surface area (Å²) in [6, 6.07) is 11.7. The van der Waals surface area contributed by atoms with Crippen molar-refractivity contribution < 1.29 is 13.9 Å². The molecule has 0 saturated carbocycles. The molecule has 2 heterocycles. The van der Waals surface area contributed by atoms with E-state index in [0.717, 1.165) is 16.9 Å². The monoisotopic (exact) mass is 298 g/mol. The zero-order valence-corrected chi connectivity index (χ0v) is 12.1. The Kier molecular flexibility index (Phi) is 3.87. The average Bonchev–Trinajstić information content (AvgIpc) is 2.87. The van der Waals surface area contributed by atoms with E-state index in [1.54, 1.807) is 19.1 Å². The lowest BCUT2D eigenvalue weighted by Gasteiger charge is -2.05. The SMILES string of the molecule is CCOC(=O)Cc1c(-c2ccc(F)cc2)nc2ccccn12. The first-order chi connectivity index (χ1) is 10.7. The highest BCUT2D eigenvalue weighted by Gasteiger charge is 2.17. The van der Waals surface area contributed by atoms with Crippen LogP contribution in [-0.2, 0) is 16.0 Å². The molecule has 0 saturated heterocycles. The van der Waals surface area contributed by atoms with Gasteiger partial charge in [-0.1, -0.05) is 6.07 Å². The molecule has 0 aliphatic heterocycles. The van der Waals surface area contributed by atoms with Crippen LogP contribution in [0.1, 0.15) is 12.6 Å². The van der Waals surface area contributed by atoms with Gasteiger partial charge in [0.15, 0.2) is 0 Å². The molecule has 0 atom stereocenters. The molecule has 0 radical (unpaired) electrons. The molecule has 0 aliphatic carbocycles. The van der Waals surface area contributed by atoms with E-state index in [1.807, 2.05) is 28.8 Å². The normalized spacial score (nSPS) is 10.8. The molecular weight excluding hydrogens is 283 g/mol. The highest BCUT2D eigenvalue weighted by atomic mass is 19.1. The van der Waals surface area contributed by atoms with Crippen LogP contribution in [0.2, 0.25) is 0 Å². The standard InChI is InChI=1S/C17H15FN2O2/c1-2-22-16(21)11-14-17(12-6-8-13(18)9-7-12)19-15-5-3-4-10-20(14)15/h3-10H,2,11H2,1H3. The lowest BCUT2D eigenvalue weighted by molar-refractivity contribution is -0.142. The molecule has 3 aromatic rings. The number of ether oxygens (including phenoxy) is 1. The maximum Gasteiger partial charge on any atom is 0.311 e. The van der Waals surface area contributed by atoms with E-state index in [-0.39, 0.29) is 18.2 Å². The van der Waals surface area contributed by atoms with Gasteiger partial charge in [0, 0.05) is 11.8 Å². The van der Waals surface area contributed by atoms with E-state index >= 15 is 0 Å². The molecule has 0 N–H and O–H groups in total. The molecule has 5 heteroatoms. The number of pyridine rings is 1. The van der Waals surface area contributed by atoms with E-state index in [1.165, 1.54) is 12.1 Å². The fourth-order valence-corrected chi connectivity index (χ4v) is 2.40. The zero-order chi connectivity index (χ0) is 15.5. The van der Waals surface area contributed by atoms with E-state index < -0.39 is 0 Å². The Labute approximate surface area is 127 Å². The van der Waals surface area contributed by atoms with Gasteiger partial charge in [0.1, 0.15) is 11.5 Å². The van der Waals surface area contributed by atoms with Crippen LogP contribution < -0.4 is 0 Å². The molecule has 4 nitrogen and oxygen atoms in total. The second-order valence-corrected chi connectivity index (χ2v) is 4.82. The van der Waals surface area contributed by atoms with Crippen molar-refractivity contribution in [2.24, 2.45) is 0 Å². The summed E-state index contributed by atoms with van der Waals surface area (Å²) in [7, 11) is 0. The summed E-state index contributed by atoms with van der Waals surface area (Å²) < 4.78 is 20.0.